The van der Waals surface area contributed by atoms with Gasteiger partial charge in [-0.3, -0.25) is 4.79 Å². The summed E-state index contributed by atoms with van der Waals surface area (Å²) < 4.78 is 0. The molecule has 3 nitrogen and oxygen atoms in total. The van der Waals surface area contributed by atoms with Crippen molar-refractivity contribution in [1.82, 2.24) is 4.90 Å². The lowest BCUT2D eigenvalue weighted by Gasteiger charge is -2.33. The van der Waals surface area contributed by atoms with Crippen LogP contribution in [0.1, 0.15) is 25.7 Å². The van der Waals surface area contributed by atoms with E-state index in [2.05, 4.69) is 0 Å². The first-order valence-electron chi connectivity index (χ1n) is 5.44. The van der Waals surface area contributed by atoms with E-state index < -0.39 is 0 Å². The van der Waals surface area contributed by atoms with E-state index in [1.807, 2.05) is 19.0 Å². The Morgan fingerprint density at radius 3 is 2.67 bits per heavy atom. The Bertz CT molecular complexity index is 353. The molecule has 82 valence electrons. The third-order valence-electron chi connectivity index (χ3n) is 3.22. The van der Waals surface area contributed by atoms with E-state index in [4.69, 9.17) is 0 Å². The van der Waals surface area contributed by atoms with Crippen LogP contribution in [0.5, 0.6) is 0 Å². The van der Waals surface area contributed by atoms with Gasteiger partial charge in [0.05, 0.1) is 5.70 Å². The second kappa shape index (κ2) is 3.72. The van der Waals surface area contributed by atoms with Crippen LogP contribution in [0.2, 0.25) is 0 Å². The van der Waals surface area contributed by atoms with Gasteiger partial charge in [-0.1, -0.05) is 0 Å². The number of nitrogens with zero attached hydrogens (tertiary/aromatic N) is 1. The standard InChI is InChI=1S/C12H17NO2/c1-13(2)12-10-7-9(14)5-3-8(10)4-6-11(12)15/h7-8,15H,3-6H2,1-2H3. The fourth-order valence-electron chi connectivity index (χ4n) is 2.51. The quantitative estimate of drug-likeness (QED) is 0.715. The molecule has 0 radical (unpaired) electrons. The average Bonchev–Trinajstić information content (AvgIpc) is 2.16. The van der Waals surface area contributed by atoms with E-state index in [0.717, 1.165) is 30.5 Å². The second-order valence-corrected chi connectivity index (χ2v) is 4.53. The van der Waals surface area contributed by atoms with E-state index in [-0.39, 0.29) is 5.78 Å². The average molecular weight is 207 g/mol. The van der Waals surface area contributed by atoms with Crippen LogP contribution in [0.15, 0.2) is 23.1 Å². The molecule has 0 saturated heterocycles. The molecule has 15 heavy (non-hydrogen) atoms. The molecule has 1 unspecified atom stereocenters. The fraction of sp³-hybridized carbons (Fsp3) is 0.583. The van der Waals surface area contributed by atoms with E-state index in [1.165, 1.54) is 0 Å². The lowest BCUT2D eigenvalue weighted by atomic mass is 9.78. The van der Waals surface area contributed by atoms with Crippen molar-refractivity contribution in [3.05, 3.63) is 23.1 Å². The van der Waals surface area contributed by atoms with Crippen LogP contribution >= 0.6 is 0 Å². The molecule has 2 rings (SSSR count). The zero-order valence-electron chi connectivity index (χ0n) is 9.29. The second-order valence-electron chi connectivity index (χ2n) is 4.53. The van der Waals surface area contributed by atoms with Gasteiger partial charge in [-0.15, -0.1) is 0 Å². The number of aliphatic hydroxyl groups excluding tert-OH is 1. The van der Waals surface area contributed by atoms with E-state index in [1.54, 1.807) is 6.08 Å². The number of hydrogen-bond donors (Lipinski definition) is 1. The number of allylic oxidation sites excluding steroid dienone is 3. The highest BCUT2D eigenvalue weighted by atomic mass is 16.3. The molecule has 0 aromatic rings. The predicted octanol–water partition coefficient (Wildman–Crippen LogP) is 2.02. The molecule has 0 bridgehead atoms. The van der Waals surface area contributed by atoms with Crippen LogP contribution in [0, 0.1) is 5.92 Å². The summed E-state index contributed by atoms with van der Waals surface area (Å²) in [7, 11) is 3.82. The molecule has 2 aliphatic rings. The Kier molecular flexibility index (Phi) is 2.55. The number of carbonyl (C=O) groups excluding carboxylic acids is 1. The van der Waals surface area contributed by atoms with Crippen molar-refractivity contribution in [3.8, 4) is 0 Å². The van der Waals surface area contributed by atoms with Crippen LogP contribution in [0.25, 0.3) is 0 Å². The molecule has 0 aromatic carbocycles. The minimum atomic E-state index is 0.190. The molecular formula is C12H17NO2. The fourth-order valence-corrected chi connectivity index (χ4v) is 2.51. The molecule has 3 heteroatoms. The van der Waals surface area contributed by atoms with E-state index in [0.29, 0.717) is 18.1 Å². The van der Waals surface area contributed by atoms with Gasteiger partial charge < -0.3 is 10.0 Å². The van der Waals surface area contributed by atoms with Gasteiger partial charge in [0.2, 0.25) is 0 Å². The van der Waals surface area contributed by atoms with Gasteiger partial charge in [0.25, 0.3) is 0 Å². The third kappa shape index (κ3) is 1.78. The van der Waals surface area contributed by atoms with Gasteiger partial charge >= 0.3 is 0 Å². The summed E-state index contributed by atoms with van der Waals surface area (Å²) in [4.78, 5) is 13.3. The van der Waals surface area contributed by atoms with E-state index in [9.17, 15) is 9.90 Å². The van der Waals surface area contributed by atoms with Crippen LogP contribution < -0.4 is 0 Å². The van der Waals surface area contributed by atoms with Crippen LogP contribution in [0.4, 0.5) is 0 Å². The minimum absolute atomic E-state index is 0.190. The first-order chi connectivity index (χ1) is 7.09. The number of carbonyl (C=O) groups is 1. The minimum Gasteiger partial charge on any atom is -0.510 e. The predicted molar refractivity (Wildman–Crippen MR) is 58.4 cm³/mol. The Morgan fingerprint density at radius 1 is 1.33 bits per heavy atom. The Morgan fingerprint density at radius 2 is 2.00 bits per heavy atom. The normalized spacial score (nSPS) is 26.1. The maximum atomic E-state index is 11.4. The molecule has 0 fully saturated rings. The van der Waals surface area contributed by atoms with Crippen molar-refractivity contribution in [2.24, 2.45) is 5.92 Å². The highest BCUT2D eigenvalue weighted by Crippen LogP contribution is 2.39. The van der Waals surface area contributed by atoms with Crippen molar-refractivity contribution >= 4 is 5.78 Å². The molecule has 1 N–H and O–H groups in total. The van der Waals surface area contributed by atoms with Crippen molar-refractivity contribution < 1.29 is 9.90 Å². The van der Waals surface area contributed by atoms with Crippen LogP contribution in [-0.4, -0.2) is 29.9 Å². The van der Waals surface area contributed by atoms with Crippen molar-refractivity contribution in [2.45, 2.75) is 25.7 Å². The van der Waals surface area contributed by atoms with Gasteiger partial charge in [0.15, 0.2) is 5.78 Å². The number of ketones is 1. The Labute approximate surface area is 90.1 Å². The van der Waals surface area contributed by atoms with Gasteiger partial charge in [0, 0.05) is 26.9 Å². The smallest absolute Gasteiger partial charge is 0.156 e. The summed E-state index contributed by atoms with van der Waals surface area (Å²) in [6.07, 6.45) is 5.04. The lowest BCUT2D eigenvalue weighted by molar-refractivity contribution is -0.115. The topological polar surface area (TPSA) is 40.5 Å². The molecule has 0 heterocycles. The molecule has 0 amide bonds. The zero-order valence-corrected chi connectivity index (χ0v) is 9.29. The summed E-state index contributed by atoms with van der Waals surface area (Å²) in [5.41, 5.74) is 1.90. The largest absolute Gasteiger partial charge is 0.510 e. The van der Waals surface area contributed by atoms with Crippen molar-refractivity contribution in [1.29, 1.82) is 0 Å². The first-order valence-corrected chi connectivity index (χ1v) is 5.44. The molecule has 0 aromatic heterocycles. The van der Waals surface area contributed by atoms with E-state index >= 15 is 0 Å². The van der Waals surface area contributed by atoms with Gasteiger partial charge in [-0.05, 0) is 30.4 Å². The van der Waals surface area contributed by atoms with Crippen LogP contribution in [0.3, 0.4) is 0 Å². The maximum Gasteiger partial charge on any atom is 0.156 e. The Balaban J connectivity index is 2.43. The van der Waals surface area contributed by atoms with Gasteiger partial charge in [-0.25, -0.2) is 0 Å². The van der Waals surface area contributed by atoms with Crippen molar-refractivity contribution in [2.75, 3.05) is 14.1 Å². The molecule has 0 aliphatic heterocycles. The number of fused-ring (bicyclic) bond motifs is 1. The summed E-state index contributed by atoms with van der Waals surface area (Å²) >= 11 is 0. The summed E-state index contributed by atoms with van der Waals surface area (Å²) in [6, 6.07) is 0. The number of rotatable bonds is 1. The number of aliphatic hydroxyl groups is 1. The van der Waals surface area contributed by atoms with Gasteiger partial charge in [-0.2, -0.15) is 0 Å². The Hall–Kier alpha value is -1.25. The number of likely N-dealkylation sites (N-methyl/N-ethyl adjacent to an activating group) is 1. The zero-order chi connectivity index (χ0) is 11.0. The third-order valence-corrected chi connectivity index (χ3v) is 3.22. The van der Waals surface area contributed by atoms with Crippen molar-refractivity contribution in [3.63, 3.8) is 0 Å². The monoisotopic (exact) mass is 207 g/mol. The number of hydrogen-bond acceptors (Lipinski definition) is 3. The lowest BCUT2D eigenvalue weighted by Crippen LogP contribution is -2.27. The molecule has 1 atom stereocenters. The first kappa shape index (κ1) is 10.3. The maximum absolute atomic E-state index is 11.4. The summed E-state index contributed by atoms with van der Waals surface area (Å²) in [5, 5.41) is 9.85. The molecule has 0 saturated carbocycles. The van der Waals surface area contributed by atoms with Crippen LogP contribution in [-0.2, 0) is 4.79 Å². The highest BCUT2D eigenvalue weighted by molar-refractivity contribution is 5.92. The molecule has 2 aliphatic carbocycles. The molecule has 0 spiro atoms. The van der Waals surface area contributed by atoms with Gasteiger partial charge in [0.1, 0.15) is 5.76 Å². The molecular weight excluding hydrogens is 190 g/mol. The SMILES string of the molecule is CN(C)C1=C(O)CCC2CCC(=O)C=C12. The summed E-state index contributed by atoms with van der Waals surface area (Å²) in [6.45, 7) is 0. The summed E-state index contributed by atoms with van der Waals surface area (Å²) in [5.74, 6) is 1.09. The highest BCUT2D eigenvalue weighted by Gasteiger charge is 2.30.